The first kappa shape index (κ1) is 21.4. The highest BCUT2D eigenvalue weighted by atomic mass is 16.5. The van der Waals surface area contributed by atoms with Gasteiger partial charge in [-0.2, -0.15) is 5.10 Å². The summed E-state index contributed by atoms with van der Waals surface area (Å²) >= 11 is 0. The van der Waals surface area contributed by atoms with Crippen molar-refractivity contribution < 1.29 is 4.74 Å². The summed E-state index contributed by atoms with van der Waals surface area (Å²) in [5.41, 5.74) is 4.06. The third-order valence-electron chi connectivity index (χ3n) is 6.51. The number of hydrogen-bond donors (Lipinski definition) is 1. The van der Waals surface area contributed by atoms with Gasteiger partial charge in [0.15, 0.2) is 5.82 Å². The standard InChI is InChI=1S/C26H30N6O/c1-32-17-22(16-30-32)19-8-9-20(23(12-19)33-2)13-24-28-15-21-10-11-27-26(25(21)31-24)29-14-18-6-4-3-5-7-18/h8-12,15-18H,3-7,13-14H2,1-2H3,(H,27,29). The van der Waals surface area contributed by atoms with Gasteiger partial charge in [-0.05, 0) is 36.5 Å². The van der Waals surface area contributed by atoms with Gasteiger partial charge >= 0.3 is 0 Å². The van der Waals surface area contributed by atoms with E-state index in [2.05, 4.69) is 32.5 Å². The fraction of sp³-hybridized carbons (Fsp3) is 0.385. The van der Waals surface area contributed by atoms with E-state index in [0.29, 0.717) is 6.42 Å². The zero-order valence-electron chi connectivity index (χ0n) is 19.3. The lowest BCUT2D eigenvalue weighted by molar-refractivity contribution is 0.373. The van der Waals surface area contributed by atoms with Crippen molar-refractivity contribution in [3.63, 3.8) is 0 Å². The number of anilines is 1. The van der Waals surface area contributed by atoms with Crippen LogP contribution in [0.15, 0.2) is 49.1 Å². The predicted octanol–water partition coefficient (Wildman–Crippen LogP) is 5.02. The van der Waals surface area contributed by atoms with Crippen molar-refractivity contribution in [1.29, 1.82) is 0 Å². The molecule has 0 atom stereocenters. The fourth-order valence-corrected chi connectivity index (χ4v) is 4.65. The molecule has 3 heterocycles. The van der Waals surface area contributed by atoms with Gasteiger partial charge in [0.2, 0.25) is 0 Å². The number of aryl methyl sites for hydroxylation is 1. The number of nitrogens with one attached hydrogen (secondary N) is 1. The maximum atomic E-state index is 5.70. The SMILES string of the molecule is COc1cc(-c2cnn(C)c2)ccc1Cc1ncc2ccnc(NCC3CCCCC3)c2n1. The Hall–Kier alpha value is -3.48. The van der Waals surface area contributed by atoms with Crippen LogP contribution < -0.4 is 10.1 Å². The summed E-state index contributed by atoms with van der Waals surface area (Å²) in [5, 5.41) is 8.83. The molecule has 0 radical (unpaired) electrons. The van der Waals surface area contributed by atoms with Crippen molar-refractivity contribution in [3.8, 4) is 16.9 Å². The summed E-state index contributed by atoms with van der Waals surface area (Å²) in [5.74, 6) is 3.14. The Labute approximate surface area is 194 Å². The molecule has 0 spiro atoms. The molecular formula is C26H30N6O. The molecule has 1 aliphatic rings. The van der Waals surface area contributed by atoms with Crippen LogP contribution in [0.5, 0.6) is 5.75 Å². The van der Waals surface area contributed by atoms with Crippen molar-refractivity contribution in [1.82, 2.24) is 24.7 Å². The number of hydrogen-bond acceptors (Lipinski definition) is 6. The van der Waals surface area contributed by atoms with E-state index in [9.17, 15) is 0 Å². The van der Waals surface area contributed by atoms with Gasteiger partial charge in [-0.3, -0.25) is 4.68 Å². The molecule has 5 rings (SSSR count). The molecule has 33 heavy (non-hydrogen) atoms. The molecule has 4 aromatic rings. The number of ether oxygens (including phenoxy) is 1. The van der Waals surface area contributed by atoms with Crippen LogP contribution in [0.3, 0.4) is 0 Å². The maximum absolute atomic E-state index is 5.70. The van der Waals surface area contributed by atoms with Gasteiger partial charge < -0.3 is 10.1 Å². The van der Waals surface area contributed by atoms with Crippen molar-refractivity contribution in [2.75, 3.05) is 19.0 Å². The average molecular weight is 443 g/mol. The van der Waals surface area contributed by atoms with E-state index in [0.717, 1.165) is 57.4 Å². The van der Waals surface area contributed by atoms with Gasteiger partial charge in [0.25, 0.3) is 0 Å². The molecule has 1 aromatic carbocycles. The predicted molar refractivity (Wildman–Crippen MR) is 130 cm³/mol. The number of methoxy groups -OCH3 is 1. The number of benzene rings is 1. The maximum Gasteiger partial charge on any atom is 0.152 e. The number of pyridine rings is 1. The molecule has 3 aromatic heterocycles. The van der Waals surface area contributed by atoms with Crippen molar-refractivity contribution in [2.45, 2.75) is 38.5 Å². The van der Waals surface area contributed by atoms with Gasteiger partial charge in [-0.25, -0.2) is 15.0 Å². The quantitative estimate of drug-likeness (QED) is 0.433. The Morgan fingerprint density at radius 1 is 1.06 bits per heavy atom. The molecule has 7 nitrogen and oxygen atoms in total. The normalized spacial score (nSPS) is 14.5. The third-order valence-corrected chi connectivity index (χ3v) is 6.51. The van der Waals surface area contributed by atoms with Gasteiger partial charge in [0.05, 0.1) is 13.3 Å². The van der Waals surface area contributed by atoms with Crippen LogP contribution >= 0.6 is 0 Å². The zero-order chi connectivity index (χ0) is 22.6. The molecule has 0 bridgehead atoms. The molecule has 0 aliphatic heterocycles. The van der Waals surface area contributed by atoms with E-state index in [4.69, 9.17) is 9.72 Å². The largest absolute Gasteiger partial charge is 0.496 e. The third kappa shape index (κ3) is 4.82. The molecule has 1 aliphatic carbocycles. The monoisotopic (exact) mass is 442 g/mol. The van der Waals surface area contributed by atoms with Crippen LogP contribution in [0.25, 0.3) is 22.0 Å². The van der Waals surface area contributed by atoms with Gasteiger partial charge in [0, 0.05) is 55.1 Å². The Morgan fingerprint density at radius 3 is 2.73 bits per heavy atom. The number of fused-ring (bicyclic) bond motifs is 1. The average Bonchev–Trinajstić information content (AvgIpc) is 3.30. The first-order valence-corrected chi connectivity index (χ1v) is 11.7. The number of rotatable bonds is 7. The highest BCUT2D eigenvalue weighted by molar-refractivity contribution is 5.87. The minimum atomic E-state index is 0.587. The van der Waals surface area contributed by atoms with Crippen LogP contribution in [0.1, 0.15) is 43.5 Å². The molecule has 1 saturated carbocycles. The number of aromatic nitrogens is 5. The summed E-state index contributed by atoms with van der Waals surface area (Å²) in [6.45, 7) is 0.953. The minimum Gasteiger partial charge on any atom is -0.496 e. The second kappa shape index (κ2) is 9.57. The van der Waals surface area contributed by atoms with Gasteiger partial charge in [-0.1, -0.05) is 31.4 Å². The van der Waals surface area contributed by atoms with Gasteiger partial charge in [0.1, 0.15) is 17.1 Å². The lowest BCUT2D eigenvalue weighted by Gasteiger charge is -2.22. The Balaban J connectivity index is 1.38. The van der Waals surface area contributed by atoms with E-state index in [1.54, 1.807) is 11.8 Å². The highest BCUT2D eigenvalue weighted by Gasteiger charge is 2.15. The minimum absolute atomic E-state index is 0.587. The van der Waals surface area contributed by atoms with Crippen LogP contribution in [0.2, 0.25) is 0 Å². The fourth-order valence-electron chi connectivity index (χ4n) is 4.65. The van der Waals surface area contributed by atoms with Crippen LogP contribution in [-0.4, -0.2) is 38.4 Å². The molecule has 0 unspecified atom stereocenters. The second-order valence-corrected chi connectivity index (χ2v) is 8.87. The zero-order valence-corrected chi connectivity index (χ0v) is 19.3. The Morgan fingerprint density at radius 2 is 1.94 bits per heavy atom. The van der Waals surface area contributed by atoms with Crippen molar-refractivity contribution in [2.24, 2.45) is 13.0 Å². The van der Waals surface area contributed by atoms with E-state index in [-0.39, 0.29) is 0 Å². The van der Waals surface area contributed by atoms with E-state index < -0.39 is 0 Å². The summed E-state index contributed by atoms with van der Waals surface area (Å²) in [6.07, 6.45) is 14.8. The Bertz CT molecular complexity index is 1240. The summed E-state index contributed by atoms with van der Waals surface area (Å²) in [7, 11) is 3.61. The molecule has 1 N–H and O–H groups in total. The summed E-state index contributed by atoms with van der Waals surface area (Å²) in [6, 6.07) is 8.19. The molecule has 0 saturated heterocycles. The highest BCUT2D eigenvalue weighted by Crippen LogP contribution is 2.29. The van der Waals surface area contributed by atoms with E-state index in [1.165, 1.54) is 32.1 Å². The van der Waals surface area contributed by atoms with Crippen molar-refractivity contribution >= 4 is 16.7 Å². The Kier molecular flexibility index (Phi) is 6.19. The van der Waals surface area contributed by atoms with Crippen LogP contribution in [0, 0.1) is 5.92 Å². The summed E-state index contributed by atoms with van der Waals surface area (Å²) < 4.78 is 7.49. The van der Waals surface area contributed by atoms with Crippen LogP contribution in [-0.2, 0) is 13.5 Å². The molecule has 170 valence electrons. The lowest BCUT2D eigenvalue weighted by Crippen LogP contribution is -2.18. The van der Waals surface area contributed by atoms with E-state index >= 15 is 0 Å². The summed E-state index contributed by atoms with van der Waals surface area (Å²) in [4.78, 5) is 14.1. The van der Waals surface area contributed by atoms with E-state index in [1.807, 2.05) is 44.0 Å². The molecular weight excluding hydrogens is 412 g/mol. The molecule has 0 amide bonds. The smallest absolute Gasteiger partial charge is 0.152 e. The number of nitrogens with zero attached hydrogens (tertiary/aromatic N) is 5. The first-order valence-electron chi connectivity index (χ1n) is 11.7. The molecule has 7 heteroatoms. The van der Waals surface area contributed by atoms with Crippen molar-refractivity contribution in [3.05, 3.63) is 60.4 Å². The second-order valence-electron chi connectivity index (χ2n) is 8.87. The first-order chi connectivity index (χ1) is 16.2. The molecule has 1 fully saturated rings. The van der Waals surface area contributed by atoms with Crippen LogP contribution in [0.4, 0.5) is 5.82 Å². The lowest BCUT2D eigenvalue weighted by atomic mass is 9.89. The topological polar surface area (TPSA) is 77.8 Å². The van der Waals surface area contributed by atoms with Gasteiger partial charge in [-0.15, -0.1) is 0 Å².